The molecule has 2 aliphatic rings. The molecule has 0 amide bonds. The van der Waals surface area contributed by atoms with Crippen molar-refractivity contribution in [2.24, 2.45) is 10.9 Å². The minimum absolute atomic E-state index is 0.225. The Labute approximate surface area is 76.9 Å². The standard InChI is InChI=1S/C8H15N3O2/c9-8(11-12)4-10-6-3-5-1-2-7(6)13-5/h5-7,10,12H,1-4H2,(H2,9,11). The third-order valence-electron chi connectivity index (χ3n) is 2.78. The van der Waals surface area contributed by atoms with Crippen molar-refractivity contribution < 1.29 is 9.94 Å². The first-order chi connectivity index (χ1) is 6.29. The molecule has 3 unspecified atom stereocenters. The van der Waals surface area contributed by atoms with Gasteiger partial charge in [0.05, 0.1) is 18.8 Å². The first kappa shape index (κ1) is 8.77. The topological polar surface area (TPSA) is 79.9 Å². The maximum absolute atomic E-state index is 8.33. The summed E-state index contributed by atoms with van der Waals surface area (Å²) in [5.41, 5.74) is 5.35. The van der Waals surface area contributed by atoms with E-state index in [1.54, 1.807) is 0 Å². The fourth-order valence-electron chi connectivity index (χ4n) is 2.12. The van der Waals surface area contributed by atoms with E-state index in [0.717, 1.165) is 12.8 Å². The Morgan fingerprint density at radius 2 is 2.46 bits per heavy atom. The minimum atomic E-state index is 0.225. The van der Waals surface area contributed by atoms with Gasteiger partial charge in [-0.05, 0) is 19.3 Å². The molecule has 3 atom stereocenters. The van der Waals surface area contributed by atoms with E-state index in [0.29, 0.717) is 24.8 Å². The molecule has 0 aliphatic carbocycles. The number of oxime groups is 1. The number of nitrogens with zero attached hydrogens (tertiary/aromatic N) is 1. The van der Waals surface area contributed by atoms with E-state index in [4.69, 9.17) is 15.7 Å². The first-order valence-electron chi connectivity index (χ1n) is 4.65. The maximum atomic E-state index is 8.33. The van der Waals surface area contributed by atoms with Gasteiger partial charge < -0.3 is 21.0 Å². The third-order valence-corrected chi connectivity index (χ3v) is 2.78. The summed E-state index contributed by atoms with van der Waals surface area (Å²) in [5.74, 6) is 0.225. The molecule has 5 heteroatoms. The molecule has 0 aromatic carbocycles. The summed E-state index contributed by atoms with van der Waals surface area (Å²) in [6.45, 7) is 0.438. The van der Waals surface area contributed by atoms with Crippen LogP contribution in [0.1, 0.15) is 19.3 Å². The molecule has 74 valence electrons. The van der Waals surface area contributed by atoms with Gasteiger partial charge in [-0.2, -0.15) is 0 Å². The minimum Gasteiger partial charge on any atom is -0.409 e. The Kier molecular flexibility index (Phi) is 2.37. The first-order valence-corrected chi connectivity index (χ1v) is 4.65. The van der Waals surface area contributed by atoms with Gasteiger partial charge in [0.1, 0.15) is 0 Å². The summed E-state index contributed by atoms with van der Waals surface area (Å²) in [6.07, 6.45) is 4.17. The Morgan fingerprint density at radius 3 is 3.00 bits per heavy atom. The highest BCUT2D eigenvalue weighted by Crippen LogP contribution is 2.34. The average molecular weight is 185 g/mol. The van der Waals surface area contributed by atoms with E-state index in [1.807, 2.05) is 0 Å². The van der Waals surface area contributed by atoms with E-state index in [2.05, 4.69) is 10.5 Å². The number of nitrogens with one attached hydrogen (secondary N) is 1. The maximum Gasteiger partial charge on any atom is 0.153 e. The van der Waals surface area contributed by atoms with Gasteiger partial charge >= 0.3 is 0 Å². The highest BCUT2D eigenvalue weighted by Gasteiger charge is 2.40. The summed E-state index contributed by atoms with van der Waals surface area (Å²) >= 11 is 0. The number of ether oxygens (including phenoxy) is 1. The number of fused-ring (bicyclic) bond motifs is 2. The molecule has 2 bridgehead atoms. The van der Waals surface area contributed by atoms with Crippen LogP contribution in [-0.2, 0) is 4.74 Å². The lowest BCUT2D eigenvalue weighted by Gasteiger charge is -2.19. The SMILES string of the molecule is NC(CNC1CC2CCC1O2)=NO. The predicted octanol–water partition coefficient (Wildman–Crippen LogP) is -0.358. The molecule has 2 rings (SSSR count). The second-order valence-electron chi connectivity index (χ2n) is 3.69. The highest BCUT2D eigenvalue weighted by atomic mass is 16.5. The van der Waals surface area contributed by atoms with Crippen LogP contribution in [0.25, 0.3) is 0 Å². The molecule has 2 aliphatic heterocycles. The van der Waals surface area contributed by atoms with Crippen molar-refractivity contribution >= 4 is 5.84 Å². The van der Waals surface area contributed by atoms with Crippen molar-refractivity contribution in [2.45, 2.75) is 37.5 Å². The van der Waals surface area contributed by atoms with Crippen LogP contribution in [0.2, 0.25) is 0 Å². The third kappa shape index (κ3) is 1.76. The lowest BCUT2D eigenvalue weighted by atomic mass is 9.95. The second kappa shape index (κ2) is 3.51. The van der Waals surface area contributed by atoms with Crippen LogP contribution in [0.3, 0.4) is 0 Å². The number of rotatable bonds is 3. The van der Waals surface area contributed by atoms with Gasteiger partial charge in [-0.1, -0.05) is 5.16 Å². The molecule has 13 heavy (non-hydrogen) atoms. The van der Waals surface area contributed by atoms with E-state index in [9.17, 15) is 0 Å². The molecule has 0 spiro atoms. The quantitative estimate of drug-likeness (QED) is 0.243. The summed E-state index contributed by atoms with van der Waals surface area (Å²) in [6, 6.07) is 0.388. The number of nitrogens with two attached hydrogens (primary N) is 1. The van der Waals surface area contributed by atoms with Gasteiger partial charge in [0, 0.05) is 6.04 Å². The van der Waals surface area contributed by atoms with Crippen LogP contribution in [0.4, 0.5) is 0 Å². The molecule has 2 heterocycles. The van der Waals surface area contributed by atoms with Gasteiger partial charge in [-0.25, -0.2) is 0 Å². The normalized spacial score (nSPS) is 38.5. The summed E-state index contributed by atoms with van der Waals surface area (Å²) < 4.78 is 5.65. The van der Waals surface area contributed by atoms with Crippen LogP contribution >= 0.6 is 0 Å². The van der Waals surface area contributed by atoms with Crippen LogP contribution < -0.4 is 11.1 Å². The Morgan fingerprint density at radius 1 is 1.62 bits per heavy atom. The second-order valence-corrected chi connectivity index (χ2v) is 3.69. The van der Waals surface area contributed by atoms with Crippen molar-refractivity contribution in [3.8, 4) is 0 Å². The molecule has 2 fully saturated rings. The van der Waals surface area contributed by atoms with Crippen molar-refractivity contribution in [3.63, 3.8) is 0 Å². The number of hydrogen-bond acceptors (Lipinski definition) is 4. The Hall–Kier alpha value is -0.810. The summed E-state index contributed by atoms with van der Waals surface area (Å²) in [7, 11) is 0. The monoisotopic (exact) mass is 185 g/mol. The van der Waals surface area contributed by atoms with Gasteiger partial charge in [-0.3, -0.25) is 0 Å². The highest BCUT2D eigenvalue weighted by molar-refractivity contribution is 5.81. The molecular weight excluding hydrogens is 170 g/mol. The lowest BCUT2D eigenvalue weighted by Crippen LogP contribution is -2.42. The molecule has 4 N–H and O–H groups in total. The van der Waals surface area contributed by atoms with Gasteiger partial charge in [0.2, 0.25) is 0 Å². The van der Waals surface area contributed by atoms with E-state index in [1.165, 1.54) is 6.42 Å². The number of hydrogen-bond donors (Lipinski definition) is 3. The molecule has 2 saturated heterocycles. The van der Waals surface area contributed by atoms with Gasteiger partial charge in [-0.15, -0.1) is 0 Å². The molecular formula is C8H15N3O2. The molecule has 0 aromatic rings. The molecule has 0 radical (unpaired) electrons. The number of amidine groups is 1. The Balaban J connectivity index is 1.77. The molecule has 0 saturated carbocycles. The summed E-state index contributed by atoms with van der Waals surface area (Å²) in [4.78, 5) is 0. The van der Waals surface area contributed by atoms with Crippen molar-refractivity contribution in [1.82, 2.24) is 5.32 Å². The van der Waals surface area contributed by atoms with E-state index >= 15 is 0 Å². The smallest absolute Gasteiger partial charge is 0.153 e. The predicted molar refractivity (Wildman–Crippen MR) is 47.7 cm³/mol. The van der Waals surface area contributed by atoms with Crippen molar-refractivity contribution in [1.29, 1.82) is 0 Å². The summed E-state index contributed by atoms with van der Waals surface area (Å²) in [5, 5.41) is 14.5. The van der Waals surface area contributed by atoms with Crippen molar-refractivity contribution in [2.75, 3.05) is 6.54 Å². The van der Waals surface area contributed by atoms with Crippen LogP contribution in [0.15, 0.2) is 5.16 Å². The fourth-order valence-corrected chi connectivity index (χ4v) is 2.12. The zero-order valence-electron chi connectivity index (χ0n) is 7.44. The van der Waals surface area contributed by atoms with E-state index in [-0.39, 0.29) is 5.84 Å². The molecule has 0 aromatic heterocycles. The van der Waals surface area contributed by atoms with Gasteiger partial charge in [0.15, 0.2) is 5.84 Å². The van der Waals surface area contributed by atoms with Crippen LogP contribution in [0, 0.1) is 0 Å². The largest absolute Gasteiger partial charge is 0.409 e. The van der Waals surface area contributed by atoms with Crippen molar-refractivity contribution in [3.05, 3.63) is 0 Å². The Bertz CT molecular complexity index is 219. The average Bonchev–Trinajstić information content (AvgIpc) is 2.74. The van der Waals surface area contributed by atoms with E-state index < -0.39 is 0 Å². The molecule has 5 nitrogen and oxygen atoms in total. The van der Waals surface area contributed by atoms with Crippen LogP contribution in [-0.4, -0.2) is 35.8 Å². The zero-order valence-corrected chi connectivity index (χ0v) is 7.44. The van der Waals surface area contributed by atoms with Crippen LogP contribution in [0.5, 0.6) is 0 Å². The fraction of sp³-hybridized carbons (Fsp3) is 0.875. The zero-order chi connectivity index (χ0) is 9.26. The van der Waals surface area contributed by atoms with Gasteiger partial charge in [0.25, 0.3) is 0 Å². The lowest BCUT2D eigenvalue weighted by molar-refractivity contribution is 0.0979.